The number of rotatable bonds is 12. The van der Waals surface area contributed by atoms with Crippen molar-refractivity contribution in [2.75, 3.05) is 13.2 Å². The van der Waals surface area contributed by atoms with E-state index in [2.05, 4.69) is 20.9 Å². The minimum Gasteiger partial charge on any atom is -0.481 e. The van der Waals surface area contributed by atoms with Gasteiger partial charge in [0.1, 0.15) is 18.1 Å². The van der Waals surface area contributed by atoms with Crippen LogP contribution in [-0.4, -0.2) is 81.2 Å². The zero-order valence-electron chi connectivity index (χ0n) is 17.4. The fraction of sp³-hybridized carbons (Fsp3) is 0.350. The molecule has 0 radical (unpaired) electrons. The largest absolute Gasteiger partial charge is 0.481 e. The number of hydrogen-bond donors (Lipinski definition) is 8. The topological polar surface area (TPSA) is 224 Å². The highest BCUT2D eigenvalue weighted by atomic mass is 16.4. The van der Waals surface area contributed by atoms with E-state index in [4.69, 9.17) is 15.9 Å². The van der Waals surface area contributed by atoms with Crippen molar-refractivity contribution in [3.63, 3.8) is 0 Å². The molecule has 1 heterocycles. The molecule has 0 saturated heterocycles. The number of carbonyl (C=O) groups excluding carboxylic acids is 3. The van der Waals surface area contributed by atoms with E-state index in [1.807, 2.05) is 0 Å². The fourth-order valence-corrected chi connectivity index (χ4v) is 3.10. The van der Waals surface area contributed by atoms with E-state index in [0.717, 1.165) is 10.9 Å². The summed E-state index contributed by atoms with van der Waals surface area (Å²) in [6.07, 6.45) is 0.750. The van der Waals surface area contributed by atoms with Crippen LogP contribution in [0.1, 0.15) is 12.0 Å². The maximum atomic E-state index is 12.8. The Labute approximate surface area is 187 Å². The lowest BCUT2D eigenvalue weighted by atomic mass is 10.0. The first-order valence-electron chi connectivity index (χ1n) is 9.86. The van der Waals surface area contributed by atoms with Crippen LogP contribution in [0.15, 0.2) is 30.5 Å². The van der Waals surface area contributed by atoms with Crippen LogP contribution in [0.4, 0.5) is 0 Å². The van der Waals surface area contributed by atoms with Gasteiger partial charge in [0.15, 0.2) is 0 Å². The minimum atomic E-state index is -1.62. The predicted molar refractivity (Wildman–Crippen MR) is 114 cm³/mol. The molecule has 13 nitrogen and oxygen atoms in total. The Balaban J connectivity index is 2.30. The number of hydrogen-bond acceptors (Lipinski definition) is 7. The highest BCUT2D eigenvalue weighted by Crippen LogP contribution is 2.19. The van der Waals surface area contributed by atoms with Gasteiger partial charge >= 0.3 is 11.9 Å². The number of carboxylic acids is 2. The molecule has 0 bridgehead atoms. The molecular formula is C20H25N5O8. The van der Waals surface area contributed by atoms with E-state index in [0.29, 0.717) is 5.56 Å². The van der Waals surface area contributed by atoms with Gasteiger partial charge in [0.25, 0.3) is 0 Å². The number of amides is 3. The van der Waals surface area contributed by atoms with Crippen LogP contribution in [0.25, 0.3) is 10.9 Å². The van der Waals surface area contributed by atoms with Crippen molar-refractivity contribution in [3.05, 3.63) is 36.0 Å². The first-order valence-corrected chi connectivity index (χ1v) is 9.86. The van der Waals surface area contributed by atoms with Gasteiger partial charge in [0.2, 0.25) is 17.7 Å². The van der Waals surface area contributed by atoms with Gasteiger partial charge in [-0.2, -0.15) is 0 Å². The molecule has 178 valence electrons. The van der Waals surface area contributed by atoms with Crippen LogP contribution in [-0.2, 0) is 30.4 Å². The number of para-hydroxylation sites is 1. The van der Waals surface area contributed by atoms with Gasteiger partial charge in [-0.15, -0.1) is 0 Å². The fourth-order valence-electron chi connectivity index (χ4n) is 3.10. The molecule has 2 rings (SSSR count). The molecule has 2 aromatic rings. The normalized spacial score (nSPS) is 13.5. The van der Waals surface area contributed by atoms with Crippen molar-refractivity contribution >= 4 is 40.6 Å². The van der Waals surface area contributed by atoms with Gasteiger partial charge in [0, 0.05) is 23.5 Å². The second-order valence-corrected chi connectivity index (χ2v) is 7.13. The van der Waals surface area contributed by atoms with Crippen molar-refractivity contribution in [3.8, 4) is 0 Å². The highest BCUT2D eigenvalue weighted by molar-refractivity contribution is 5.95. The first kappa shape index (κ1) is 25.3. The van der Waals surface area contributed by atoms with Gasteiger partial charge in [-0.3, -0.25) is 19.2 Å². The third-order valence-electron chi connectivity index (χ3n) is 4.74. The maximum Gasteiger partial charge on any atom is 0.328 e. The van der Waals surface area contributed by atoms with Crippen LogP contribution < -0.4 is 21.7 Å². The van der Waals surface area contributed by atoms with E-state index in [9.17, 15) is 29.1 Å². The molecular weight excluding hydrogens is 438 g/mol. The number of aliphatic carboxylic acids is 2. The average molecular weight is 463 g/mol. The monoisotopic (exact) mass is 463 g/mol. The number of nitrogens with one attached hydrogen (secondary N) is 4. The molecule has 1 aromatic carbocycles. The third-order valence-corrected chi connectivity index (χ3v) is 4.74. The number of aliphatic hydroxyl groups is 1. The van der Waals surface area contributed by atoms with Crippen LogP contribution in [0.3, 0.4) is 0 Å². The molecule has 0 fully saturated rings. The summed E-state index contributed by atoms with van der Waals surface area (Å²) < 4.78 is 0. The van der Waals surface area contributed by atoms with Gasteiger partial charge in [0.05, 0.1) is 19.6 Å². The SMILES string of the molecule is NCC(=O)NC(CC(=O)O)C(=O)NC(Cc1c[nH]c2ccccc12)C(=O)NC(CO)C(=O)O. The molecule has 3 atom stereocenters. The molecule has 0 aliphatic heterocycles. The van der Waals surface area contributed by atoms with Crippen molar-refractivity contribution in [2.24, 2.45) is 5.73 Å². The Morgan fingerprint density at radius 2 is 1.58 bits per heavy atom. The molecule has 1 aromatic heterocycles. The molecule has 0 spiro atoms. The summed E-state index contributed by atoms with van der Waals surface area (Å²) in [6, 6.07) is 2.65. The summed E-state index contributed by atoms with van der Waals surface area (Å²) in [5, 5.41) is 34.8. The highest BCUT2D eigenvalue weighted by Gasteiger charge is 2.31. The van der Waals surface area contributed by atoms with Crippen LogP contribution >= 0.6 is 0 Å². The molecule has 9 N–H and O–H groups in total. The Bertz CT molecular complexity index is 1040. The molecule has 0 aliphatic carbocycles. The van der Waals surface area contributed by atoms with Gasteiger partial charge < -0.3 is 42.0 Å². The Morgan fingerprint density at radius 3 is 2.18 bits per heavy atom. The van der Waals surface area contributed by atoms with Crippen LogP contribution in [0.5, 0.6) is 0 Å². The van der Waals surface area contributed by atoms with E-state index >= 15 is 0 Å². The van der Waals surface area contributed by atoms with E-state index < -0.39 is 67.4 Å². The summed E-state index contributed by atoms with van der Waals surface area (Å²) in [4.78, 5) is 62.5. The van der Waals surface area contributed by atoms with Crippen molar-refractivity contribution < 1.29 is 39.3 Å². The van der Waals surface area contributed by atoms with E-state index in [-0.39, 0.29) is 6.42 Å². The summed E-state index contributed by atoms with van der Waals surface area (Å²) in [7, 11) is 0. The number of aromatic nitrogens is 1. The summed E-state index contributed by atoms with van der Waals surface area (Å²) in [5.74, 6) is -5.54. The Morgan fingerprint density at radius 1 is 0.939 bits per heavy atom. The zero-order valence-corrected chi connectivity index (χ0v) is 17.4. The molecule has 3 unspecified atom stereocenters. The van der Waals surface area contributed by atoms with Gasteiger partial charge in [-0.25, -0.2) is 4.79 Å². The Hall–Kier alpha value is -3.97. The standard InChI is InChI=1S/C20H25N5O8/c21-7-16(27)23-14(6-17(28)29)19(31)24-13(18(30)25-15(9-26)20(32)33)5-10-8-22-12-4-2-1-3-11(10)12/h1-4,8,13-15,22,26H,5-7,9,21H2,(H,23,27)(H,24,31)(H,25,30)(H,28,29)(H,32,33). The average Bonchev–Trinajstić information content (AvgIpc) is 3.18. The third kappa shape index (κ3) is 7.02. The van der Waals surface area contributed by atoms with Crippen molar-refractivity contribution in [2.45, 2.75) is 31.0 Å². The quantitative estimate of drug-likeness (QED) is 0.169. The van der Waals surface area contributed by atoms with Crippen molar-refractivity contribution in [1.29, 1.82) is 0 Å². The van der Waals surface area contributed by atoms with Crippen LogP contribution in [0, 0.1) is 0 Å². The smallest absolute Gasteiger partial charge is 0.328 e. The lowest BCUT2D eigenvalue weighted by Gasteiger charge is -2.23. The summed E-state index contributed by atoms with van der Waals surface area (Å²) in [5.41, 5.74) is 6.58. The molecule has 0 saturated carbocycles. The van der Waals surface area contributed by atoms with Crippen molar-refractivity contribution in [1.82, 2.24) is 20.9 Å². The van der Waals surface area contributed by atoms with Gasteiger partial charge in [-0.1, -0.05) is 18.2 Å². The van der Waals surface area contributed by atoms with Crippen LogP contribution in [0.2, 0.25) is 0 Å². The number of aliphatic hydroxyl groups excluding tert-OH is 1. The number of carboxylic acid groups (broad SMARTS) is 2. The lowest BCUT2D eigenvalue weighted by Crippen LogP contribution is -2.57. The second kappa shape index (κ2) is 11.6. The second-order valence-electron chi connectivity index (χ2n) is 7.13. The molecule has 0 aliphatic rings. The number of H-pyrrole nitrogens is 1. The number of carbonyl (C=O) groups is 5. The number of fused-ring (bicyclic) bond motifs is 1. The molecule has 13 heteroatoms. The Kier molecular flexibility index (Phi) is 8.89. The zero-order chi connectivity index (χ0) is 24.5. The lowest BCUT2D eigenvalue weighted by molar-refractivity contribution is -0.144. The maximum absolute atomic E-state index is 12.8. The number of nitrogens with two attached hydrogens (primary N) is 1. The van der Waals surface area contributed by atoms with Gasteiger partial charge in [-0.05, 0) is 11.6 Å². The van der Waals surface area contributed by atoms with E-state index in [1.165, 1.54) is 0 Å². The first-order chi connectivity index (χ1) is 15.7. The molecule has 33 heavy (non-hydrogen) atoms. The minimum absolute atomic E-state index is 0.0933. The predicted octanol–water partition coefficient (Wildman–Crippen LogP) is -2.32. The number of aromatic amines is 1. The number of benzene rings is 1. The summed E-state index contributed by atoms with van der Waals surface area (Å²) >= 11 is 0. The van der Waals surface area contributed by atoms with E-state index in [1.54, 1.807) is 30.5 Å². The summed E-state index contributed by atoms with van der Waals surface area (Å²) in [6.45, 7) is -1.37. The molecule has 3 amide bonds.